The first kappa shape index (κ1) is 14.7. The minimum Gasteiger partial charge on any atom is -0.480 e. The molecule has 0 aromatic carbocycles. The lowest BCUT2D eigenvalue weighted by atomic mass is 9.97. The Bertz CT molecular complexity index is 344. The van der Waals surface area contributed by atoms with Crippen LogP contribution < -0.4 is 0 Å². The monoisotopic (exact) mass is 287 g/mol. The molecule has 2 atom stereocenters. The number of thioether (sulfide) groups is 1. The van der Waals surface area contributed by atoms with Crippen molar-refractivity contribution in [3.8, 4) is 0 Å². The zero-order valence-electron chi connectivity index (χ0n) is 11.2. The lowest BCUT2D eigenvalue weighted by Gasteiger charge is -2.32. The van der Waals surface area contributed by atoms with Crippen LogP contribution in [0.5, 0.6) is 0 Å². The van der Waals surface area contributed by atoms with Crippen LogP contribution >= 0.6 is 11.8 Å². The minimum absolute atomic E-state index is 0.0131. The maximum atomic E-state index is 12.6. The van der Waals surface area contributed by atoms with E-state index in [1.807, 2.05) is 0 Å². The molecule has 2 saturated heterocycles. The lowest BCUT2D eigenvalue weighted by molar-refractivity contribution is -0.152. The molecule has 0 aromatic rings. The Morgan fingerprint density at radius 1 is 1.37 bits per heavy atom. The van der Waals surface area contributed by atoms with Gasteiger partial charge in [0.15, 0.2) is 0 Å². The summed E-state index contributed by atoms with van der Waals surface area (Å²) in [6.45, 7) is 3.27. The summed E-state index contributed by atoms with van der Waals surface area (Å²) in [4.78, 5) is 25.5. The molecule has 0 radical (unpaired) electrons. The third kappa shape index (κ3) is 3.23. The van der Waals surface area contributed by atoms with Gasteiger partial charge in [-0.15, -0.1) is 11.8 Å². The van der Waals surface area contributed by atoms with Gasteiger partial charge in [-0.2, -0.15) is 0 Å². The molecule has 0 bridgehead atoms. The molecular formula is C13H21NO4S. The zero-order valence-corrected chi connectivity index (χ0v) is 12.0. The molecule has 2 unspecified atom stereocenters. The summed E-state index contributed by atoms with van der Waals surface area (Å²) in [6, 6.07) is -0.656. The van der Waals surface area contributed by atoms with Crippen molar-refractivity contribution in [2.24, 2.45) is 5.92 Å². The van der Waals surface area contributed by atoms with Crippen LogP contribution in [0.4, 0.5) is 0 Å². The minimum atomic E-state index is -0.883. The number of ether oxygens (including phenoxy) is 1. The van der Waals surface area contributed by atoms with E-state index in [9.17, 15) is 14.7 Å². The van der Waals surface area contributed by atoms with Crippen LogP contribution in [-0.4, -0.2) is 52.3 Å². The molecule has 2 heterocycles. The van der Waals surface area contributed by atoms with E-state index in [1.54, 1.807) is 16.7 Å². The average Bonchev–Trinajstić information content (AvgIpc) is 2.83. The predicted molar refractivity (Wildman–Crippen MR) is 73.0 cm³/mol. The molecule has 0 aromatic heterocycles. The van der Waals surface area contributed by atoms with Crippen LogP contribution in [0.1, 0.15) is 32.6 Å². The molecule has 6 heteroatoms. The van der Waals surface area contributed by atoms with Crippen LogP contribution in [0.25, 0.3) is 0 Å². The zero-order chi connectivity index (χ0) is 13.8. The van der Waals surface area contributed by atoms with E-state index in [2.05, 4.69) is 6.92 Å². The first-order chi connectivity index (χ1) is 9.15. The fourth-order valence-electron chi connectivity index (χ4n) is 2.67. The number of amides is 1. The summed E-state index contributed by atoms with van der Waals surface area (Å²) >= 11 is 1.60. The van der Waals surface area contributed by atoms with E-state index in [0.29, 0.717) is 31.8 Å². The second-order valence-corrected chi connectivity index (χ2v) is 6.27. The van der Waals surface area contributed by atoms with E-state index in [1.165, 1.54) is 0 Å². The van der Waals surface area contributed by atoms with Gasteiger partial charge < -0.3 is 14.7 Å². The standard InChI is InChI=1S/C13H21NO4S/c1-2-3-11-14(10(8-19-11)13(16)17)12(15)9-4-6-18-7-5-9/h9-11H,2-8H2,1H3,(H,16,17). The van der Waals surface area contributed by atoms with Gasteiger partial charge >= 0.3 is 5.97 Å². The van der Waals surface area contributed by atoms with Gasteiger partial charge in [-0.3, -0.25) is 4.79 Å². The van der Waals surface area contributed by atoms with E-state index in [-0.39, 0.29) is 17.2 Å². The van der Waals surface area contributed by atoms with Crippen molar-refractivity contribution in [3.63, 3.8) is 0 Å². The van der Waals surface area contributed by atoms with Gasteiger partial charge in [-0.25, -0.2) is 4.79 Å². The summed E-state index contributed by atoms with van der Waals surface area (Å²) in [6.07, 6.45) is 3.25. The molecule has 2 rings (SSSR count). The summed E-state index contributed by atoms with van der Waals surface area (Å²) < 4.78 is 5.27. The summed E-state index contributed by atoms with van der Waals surface area (Å²) in [7, 11) is 0. The SMILES string of the molecule is CCCC1SCC(C(=O)O)N1C(=O)C1CCOCC1. The maximum absolute atomic E-state index is 12.6. The summed E-state index contributed by atoms with van der Waals surface area (Å²) in [5.74, 6) is -0.422. The molecule has 2 aliphatic heterocycles. The Labute approximate surface area is 117 Å². The number of hydrogen-bond donors (Lipinski definition) is 1. The van der Waals surface area contributed by atoms with Crippen molar-refractivity contribution in [2.75, 3.05) is 19.0 Å². The molecule has 0 aliphatic carbocycles. The highest BCUT2D eigenvalue weighted by Gasteiger charge is 2.43. The summed E-state index contributed by atoms with van der Waals surface area (Å²) in [5, 5.41) is 9.31. The quantitative estimate of drug-likeness (QED) is 0.850. The Morgan fingerprint density at radius 3 is 2.63 bits per heavy atom. The number of carbonyl (C=O) groups is 2. The molecule has 108 valence electrons. The van der Waals surface area contributed by atoms with Crippen molar-refractivity contribution >= 4 is 23.6 Å². The molecule has 5 nitrogen and oxygen atoms in total. The number of rotatable bonds is 4. The number of carbonyl (C=O) groups excluding carboxylic acids is 1. The third-order valence-corrected chi connectivity index (χ3v) is 5.09. The van der Waals surface area contributed by atoms with Crippen molar-refractivity contribution in [1.29, 1.82) is 0 Å². The number of hydrogen-bond acceptors (Lipinski definition) is 4. The van der Waals surface area contributed by atoms with Gasteiger partial charge in [-0.05, 0) is 19.3 Å². The predicted octanol–water partition coefficient (Wildman–Crippen LogP) is 1.57. The maximum Gasteiger partial charge on any atom is 0.327 e. The number of carboxylic acid groups (broad SMARTS) is 1. The van der Waals surface area contributed by atoms with Gasteiger partial charge in [0.05, 0.1) is 5.37 Å². The molecular weight excluding hydrogens is 266 g/mol. The van der Waals surface area contributed by atoms with Gasteiger partial charge in [-0.1, -0.05) is 13.3 Å². The van der Waals surface area contributed by atoms with E-state index < -0.39 is 12.0 Å². The first-order valence-corrected chi connectivity index (χ1v) is 7.94. The Hall–Kier alpha value is -0.750. The second-order valence-electron chi connectivity index (χ2n) is 5.06. The molecule has 2 fully saturated rings. The fourth-order valence-corrected chi connectivity index (χ4v) is 4.20. The molecule has 0 saturated carbocycles. The van der Waals surface area contributed by atoms with E-state index in [0.717, 1.165) is 12.8 Å². The number of carboxylic acids is 1. The fraction of sp³-hybridized carbons (Fsp3) is 0.846. The Morgan fingerprint density at radius 2 is 2.05 bits per heavy atom. The normalized spacial score (nSPS) is 28.6. The van der Waals surface area contributed by atoms with E-state index in [4.69, 9.17) is 4.74 Å². The van der Waals surface area contributed by atoms with E-state index >= 15 is 0 Å². The van der Waals surface area contributed by atoms with Crippen LogP contribution in [0.15, 0.2) is 0 Å². The Balaban J connectivity index is 2.10. The average molecular weight is 287 g/mol. The largest absolute Gasteiger partial charge is 0.480 e. The number of nitrogens with zero attached hydrogens (tertiary/aromatic N) is 1. The highest BCUT2D eigenvalue weighted by atomic mass is 32.2. The van der Waals surface area contributed by atoms with Crippen LogP contribution in [0.2, 0.25) is 0 Å². The molecule has 1 amide bonds. The Kier molecular flexibility index (Phi) is 5.10. The highest BCUT2D eigenvalue weighted by molar-refractivity contribution is 8.00. The second kappa shape index (κ2) is 6.61. The van der Waals surface area contributed by atoms with Crippen molar-refractivity contribution in [1.82, 2.24) is 4.90 Å². The third-order valence-electron chi connectivity index (χ3n) is 3.74. The highest BCUT2D eigenvalue weighted by Crippen LogP contribution is 2.34. The molecule has 19 heavy (non-hydrogen) atoms. The van der Waals surface area contributed by atoms with Gasteiger partial charge in [0.2, 0.25) is 5.91 Å². The molecule has 1 N–H and O–H groups in total. The van der Waals surface area contributed by atoms with Gasteiger partial charge in [0, 0.05) is 24.9 Å². The molecule has 2 aliphatic rings. The van der Waals surface area contributed by atoms with Crippen LogP contribution in [-0.2, 0) is 14.3 Å². The smallest absolute Gasteiger partial charge is 0.327 e. The topological polar surface area (TPSA) is 66.8 Å². The summed E-state index contributed by atoms with van der Waals surface area (Å²) in [5.41, 5.74) is 0. The lowest BCUT2D eigenvalue weighted by Crippen LogP contribution is -2.49. The van der Waals surface area contributed by atoms with Gasteiger partial charge in [0.25, 0.3) is 0 Å². The number of aliphatic carboxylic acids is 1. The van der Waals surface area contributed by atoms with Crippen molar-refractivity contribution in [2.45, 2.75) is 44.0 Å². The first-order valence-electron chi connectivity index (χ1n) is 6.89. The molecule has 0 spiro atoms. The van der Waals surface area contributed by atoms with Gasteiger partial charge in [0.1, 0.15) is 6.04 Å². The van der Waals surface area contributed by atoms with Crippen molar-refractivity contribution in [3.05, 3.63) is 0 Å². The van der Waals surface area contributed by atoms with Crippen molar-refractivity contribution < 1.29 is 19.4 Å². The van der Waals surface area contributed by atoms with Crippen LogP contribution in [0.3, 0.4) is 0 Å². The van der Waals surface area contributed by atoms with Crippen LogP contribution in [0, 0.1) is 5.92 Å².